The van der Waals surface area contributed by atoms with Crippen LogP contribution in [-0.4, -0.2) is 50.8 Å². The second-order valence-corrected chi connectivity index (χ2v) is 4.03. The molecule has 3 nitrogen and oxygen atoms in total. The van der Waals surface area contributed by atoms with Crippen LogP contribution in [0, 0.1) is 0 Å². The topological polar surface area (TPSA) is 24.5 Å². The summed E-state index contributed by atoms with van der Waals surface area (Å²) in [5.74, 6) is 0. The second kappa shape index (κ2) is 5.58. The molecular weight excluding hydrogens is 164 g/mol. The molecule has 1 rings (SSSR count). The van der Waals surface area contributed by atoms with Gasteiger partial charge in [0.15, 0.2) is 0 Å². The molecule has 1 aliphatic rings. The first-order valence-electron chi connectivity index (χ1n) is 5.23. The van der Waals surface area contributed by atoms with Crippen LogP contribution in [-0.2, 0) is 4.74 Å². The van der Waals surface area contributed by atoms with Crippen LogP contribution >= 0.6 is 0 Å². The minimum Gasteiger partial charge on any atom is -0.372 e. The van der Waals surface area contributed by atoms with Gasteiger partial charge in [0.25, 0.3) is 0 Å². The lowest BCUT2D eigenvalue weighted by atomic mass is 10.2. The van der Waals surface area contributed by atoms with E-state index >= 15 is 0 Å². The van der Waals surface area contributed by atoms with Crippen LogP contribution in [0.5, 0.6) is 0 Å². The van der Waals surface area contributed by atoms with Crippen LogP contribution < -0.4 is 5.32 Å². The van der Waals surface area contributed by atoms with E-state index in [0.717, 1.165) is 19.6 Å². The summed E-state index contributed by atoms with van der Waals surface area (Å²) in [5.41, 5.74) is 0. The van der Waals surface area contributed by atoms with Gasteiger partial charge < -0.3 is 15.0 Å². The van der Waals surface area contributed by atoms with E-state index in [0.29, 0.717) is 12.2 Å². The largest absolute Gasteiger partial charge is 0.372 e. The highest BCUT2D eigenvalue weighted by molar-refractivity contribution is 4.76. The van der Waals surface area contributed by atoms with E-state index in [2.05, 4.69) is 31.2 Å². The van der Waals surface area contributed by atoms with Gasteiger partial charge in [-0.25, -0.2) is 0 Å². The van der Waals surface area contributed by atoms with Crippen LogP contribution in [0.1, 0.15) is 19.8 Å². The first kappa shape index (κ1) is 11.0. The summed E-state index contributed by atoms with van der Waals surface area (Å²) in [5, 5.41) is 3.33. The number of nitrogens with zero attached hydrogens (tertiary/aromatic N) is 1. The summed E-state index contributed by atoms with van der Waals surface area (Å²) in [6, 6.07) is 0. The van der Waals surface area contributed by atoms with Crippen molar-refractivity contribution in [3.8, 4) is 0 Å². The highest BCUT2D eigenvalue weighted by Crippen LogP contribution is 2.19. The molecule has 2 unspecified atom stereocenters. The predicted octanol–water partition coefficient (Wildman–Crippen LogP) is 0.705. The van der Waals surface area contributed by atoms with Gasteiger partial charge in [-0.3, -0.25) is 0 Å². The Morgan fingerprint density at radius 2 is 2.00 bits per heavy atom. The van der Waals surface area contributed by atoms with Crippen molar-refractivity contribution < 1.29 is 4.74 Å². The van der Waals surface area contributed by atoms with Crippen LogP contribution in [0.3, 0.4) is 0 Å². The lowest BCUT2D eigenvalue weighted by Crippen LogP contribution is -2.30. The average molecular weight is 186 g/mol. The predicted molar refractivity (Wildman–Crippen MR) is 55.0 cm³/mol. The quantitative estimate of drug-likeness (QED) is 0.684. The zero-order chi connectivity index (χ0) is 9.68. The molecule has 1 fully saturated rings. The summed E-state index contributed by atoms with van der Waals surface area (Å²) < 4.78 is 5.87. The minimum absolute atomic E-state index is 0.449. The monoisotopic (exact) mass is 186 g/mol. The van der Waals surface area contributed by atoms with Gasteiger partial charge in [0.05, 0.1) is 12.2 Å². The van der Waals surface area contributed by atoms with Crippen LogP contribution in [0.2, 0.25) is 0 Å². The maximum atomic E-state index is 5.87. The van der Waals surface area contributed by atoms with Crippen molar-refractivity contribution in [1.29, 1.82) is 0 Å². The summed E-state index contributed by atoms with van der Waals surface area (Å²) in [6.07, 6.45) is 3.34. The number of ether oxygens (including phenoxy) is 1. The van der Waals surface area contributed by atoms with Gasteiger partial charge in [-0.2, -0.15) is 0 Å². The van der Waals surface area contributed by atoms with E-state index in [-0.39, 0.29) is 0 Å². The molecule has 0 aromatic heterocycles. The Morgan fingerprint density at radius 3 is 2.62 bits per heavy atom. The maximum absolute atomic E-state index is 5.87. The van der Waals surface area contributed by atoms with Crippen molar-refractivity contribution in [3.05, 3.63) is 0 Å². The zero-order valence-corrected chi connectivity index (χ0v) is 9.05. The fourth-order valence-corrected chi connectivity index (χ4v) is 1.78. The van der Waals surface area contributed by atoms with Crippen molar-refractivity contribution in [3.63, 3.8) is 0 Å². The third kappa shape index (κ3) is 4.07. The van der Waals surface area contributed by atoms with Crippen molar-refractivity contribution in [2.75, 3.05) is 33.7 Å². The molecular formula is C10H22N2O. The fraction of sp³-hybridized carbons (Fsp3) is 1.00. The Balaban J connectivity index is 2.12. The Labute approximate surface area is 81.4 Å². The Kier molecular flexibility index (Phi) is 4.70. The molecule has 3 heteroatoms. The van der Waals surface area contributed by atoms with Gasteiger partial charge in [0, 0.05) is 13.1 Å². The van der Waals surface area contributed by atoms with Crippen LogP contribution in [0.4, 0.5) is 0 Å². The van der Waals surface area contributed by atoms with Crippen molar-refractivity contribution >= 4 is 0 Å². The highest BCUT2D eigenvalue weighted by atomic mass is 16.5. The summed E-state index contributed by atoms with van der Waals surface area (Å²) in [4.78, 5) is 2.19. The van der Waals surface area contributed by atoms with E-state index in [9.17, 15) is 0 Å². The molecule has 0 amide bonds. The Hall–Kier alpha value is -0.120. The molecule has 78 valence electrons. The first-order valence-corrected chi connectivity index (χ1v) is 5.23. The molecule has 1 aliphatic heterocycles. The Bertz CT molecular complexity index is 139. The molecule has 1 N–H and O–H groups in total. The van der Waals surface area contributed by atoms with Gasteiger partial charge >= 0.3 is 0 Å². The molecule has 0 radical (unpaired) electrons. The van der Waals surface area contributed by atoms with Crippen molar-refractivity contribution in [2.45, 2.75) is 32.0 Å². The molecule has 0 aromatic rings. The van der Waals surface area contributed by atoms with E-state index in [1.807, 2.05) is 0 Å². The van der Waals surface area contributed by atoms with Crippen LogP contribution in [0.25, 0.3) is 0 Å². The lowest BCUT2D eigenvalue weighted by Gasteiger charge is -2.17. The van der Waals surface area contributed by atoms with Crippen molar-refractivity contribution in [2.24, 2.45) is 0 Å². The summed E-state index contributed by atoms with van der Waals surface area (Å²) in [6.45, 7) is 5.24. The number of hydrogen-bond acceptors (Lipinski definition) is 3. The smallest absolute Gasteiger partial charge is 0.0707 e. The van der Waals surface area contributed by atoms with Crippen LogP contribution in [0.15, 0.2) is 0 Å². The summed E-state index contributed by atoms with van der Waals surface area (Å²) in [7, 11) is 4.20. The minimum atomic E-state index is 0.449. The van der Waals surface area contributed by atoms with Gasteiger partial charge in [0.1, 0.15) is 0 Å². The molecule has 0 spiro atoms. The fourth-order valence-electron chi connectivity index (χ4n) is 1.78. The number of hydrogen-bond donors (Lipinski definition) is 1. The van der Waals surface area contributed by atoms with Gasteiger partial charge in [-0.15, -0.1) is 0 Å². The van der Waals surface area contributed by atoms with Gasteiger partial charge in [-0.1, -0.05) is 6.92 Å². The SMILES string of the molecule is CCNCC1CCC(CN(C)C)O1. The number of likely N-dealkylation sites (N-methyl/N-ethyl adjacent to an activating group) is 2. The lowest BCUT2D eigenvalue weighted by molar-refractivity contribution is 0.0319. The van der Waals surface area contributed by atoms with Gasteiger partial charge in [-0.05, 0) is 33.5 Å². The number of rotatable bonds is 5. The molecule has 2 atom stereocenters. The molecule has 1 saturated heterocycles. The highest BCUT2D eigenvalue weighted by Gasteiger charge is 2.24. The molecule has 13 heavy (non-hydrogen) atoms. The zero-order valence-electron chi connectivity index (χ0n) is 9.05. The third-order valence-corrected chi connectivity index (χ3v) is 2.39. The standard InChI is InChI=1S/C10H22N2O/c1-4-11-7-9-5-6-10(13-9)8-12(2)3/h9-11H,4-8H2,1-3H3. The Morgan fingerprint density at radius 1 is 1.31 bits per heavy atom. The van der Waals surface area contributed by atoms with E-state index < -0.39 is 0 Å². The third-order valence-electron chi connectivity index (χ3n) is 2.39. The molecule has 1 heterocycles. The maximum Gasteiger partial charge on any atom is 0.0707 e. The van der Waals surface area contributed by atoms with Crippen molar-refractivity contribution in [1.82, 2.24) is 10.2 Å². The first-order chi connectivity index (χ1) is 6.22. The van der Waals surface area contributed by atoms with Gasteiger partial charge in [0.2, 0.25) is 0 Å². The normalized spacial score (nSPS) is 28.6. The molecule has 0 bridgehead atoms. The van der Waals surface area contributed by atoms with E-state index in [1.165, 1.54) is 12.8 Å². The van der Waals surface area contributed by atoms with E-state index in [4.69, 9.17) is 4.74 Å². The van der Waals surface area contributed by atoms with E-state index in [1.54, 1.807) is 0 Å². The average Bonchev–Trinajstić information content (AvgIpc) is 2.48. The molecule has 0 aliphatic carbocycles. The second-order valence-electron chi connectivity index (χ2n) is 4.03. The number of nitrogens with one attached hydrogen (secondary N) is 1. The molecule has 0 saturated carbocycles. The molecule has 0 aromatic carbocycles. The summed E-state index contributed by atoms with van der Waals surface area (Å²) >= 11 is 0.